The van der Waals surface area contributed by atoms with E-state index < -0.39 is 22.9 Å². The van der Waals surface area contributed by atoms with Gasteiger partial charge in [-0.1, -0.05) is 6.07 Å². The zero-order valence-electron chi connectivity index (χ0n) is 19.1. The van der Waals surface area contributed by atoms with Crippen LogP contribution in [-0.2, 0) is 11.0 Å². The Morgan fingerprint density at radius 2 is 1.54 bits per heavy atom. The van der Waals surface area contributed by atoms with E-state index in [1.165, 1.54) is 38.1 Å². The van der Waals surface area contributed by atoms with Gasteiger partial charge in [0.2, 0.25) is 5.91 Å². The number of thioether (sulfide) groups is 1. The molecule has 0 aliphatic heterocycles. The van der Waals surface area contributed by atoms with Gasteiger partial charge in [0.15, 0.2) is 11.5 Å². The predicted octanol–water partition coefficient (Wildman–Crippen LogP) is 6.09. The molecule has 3 rings (SSSR count). The third-order valence-corrected chi connectivity index (χ3v) is 6.01. The number of nitrogens with one attached hydrogen (secondary N) is 2. The highest BCUT2D eigenvalue weighted by molar-refractivity contribution is 8.00. The van der Waals surface area contributed by atoms with Gasteiger partial charge in [0.05, 0.1) is 25.0 Å². The van der Waals surface area contributed by atoms with E-state index in [9.17, 15) is 22.8 Å². The van der Waals surface area contributed by atoms with Crippen molar-refractivity contribution in [3.8, 4) is 11.5 Å². The van der Waals surface area contributed by atoms with Crippen LogP contribution in [-0.4, -0.2) is 31.3 Å². The summed E-state index contributed by atoms with van der Waals surface area (Å²) in [5.41, 5.74) is 0.183. The third kappa shape index (κ3) is 6.92. The number of carbonyl (C=O) groups excluding carboxylic acids is 2. The lowest BCUT2D eigenvalue weighted by Gasteiger charge is -2.14. The van der Waals surface area contributed by atoms with Gasteiger partial charge >= 0.3 is 6.18 Å². The monoisotopic (exact) mass is 504 g/mol. The molecule has 3 aromatic carbocycles. The van der Waals surface area contributed by atoms with Crippen LogP contribution >= 0.6 is 11.8 Å². The first kappa shape index (κ1) is 26.0. The van der Waals surface area contributed by atoms with Crippen LogP contribution in [0.15, 0.2) is 71.6 Å². The quantitative estimate of drug-likeness (QED) is 0.363. The molecule has 10 heteroatoms. The first-order chi connectivity index (χ1) is 16.6. The second kappa shape index (κ2) is 11.2. The van der Waals surface area contributed by atoms with Crippen LogP contribution in [0.4, 0.5) is 24.5 Å². The number of hydrogen-bond acceptors (Lipinski definition) is 5. The zero-order chi connectivity index (χ0) is 25.6. The van der Waals surface area contributed by atoms with E-state index in [0.717, 1.165) is 17.0 Å². The maximum atomic E-state index is 12.9. The predicted molar refractivity (Wildman–Crippen MR) is 129 cm³/mol. The minimum absolute atomic E-state index is 0.0745. The molecule has 0 aromatic heterocycles. The van der Waals surface area contributed by atoms with Crippen molar-refractivity contribution in [1.29, 1.82) is 0 Å². The smallest absolute Gasteiger partial charge is 0.416 e. The average molecular weight is 505 g/mol. The van der Waals surface area contributed by atoms with E-state index in [4.69, 9.17) is 9.47 Å². The van der Waals surface area contributed by atoms with Gasteiger partial charge in [0.25, 0.3) is 5.91 Å². The fourth-order valence-electron chi connectivity index (χ4n) is 3.07. The van der Waals surface area contributed by atoms with Crippen LogP contribution in [0.5, 0.6) is 11.5 Å². The van der Waals surface area contributed by atoms with Crippen molar-refractivity contribution in [2.75, 3.05) is 24.9 Å². The normalized spacial score (nSPS) is 11.9. The van der Waals surface area contributed by atoms with E-state index in [1.54, 1.807) is 49.4 Å². The molecule has 0 aliphatic carbocycles. The molecule has 0 saturated heterocycles. The minimum atomic E-state index is -4.49. The van der Waals surface area contributed by atoms with Gasteiger partial charge in [0, 0.05) is 21.8 Å². The Morgan fingerprint density at radius 1 is 0.857 bits per heavy atom. The highest BCUT2D eigenvalue weighted by Gasteiger charge is 2.30. The Morgan fingerprint density at radius 3 is 2.17 bits per heavy atom. The number of carbonyl (C=O) groups is 2. The molecule has 0 saturated carbocycles. The standard InChI is InChI=1S/C25H23F3N2O4S/c1-15(23(31)30-19-6-4-5-17(14-19)25(26,27)28)35-20-10-8-18(9-11-20)29-24(32)16-7-12-21(33-2)22(13-16)34-3/h4-15H,1-3H3,(H,29,32)(H,30,31). The Balaban J connectivity index is 1.59. The lowest BCUT2D eigenvalue weighted by atomic mass is 10.2. The molecule has 0 heterocycles. The maximum absolute atomic E-state index is 12.9. The van der Waals surface area contributed by atoms with Crippen molar-refractivity contribution in [2.24, 2.45) is 0 Å². The maximum Gasteiger partial charge on any atom is 0.416 e. The van der Waals surface area contributed by atoms with E-state index in [2.05, 4.69) is 10.6 Å². The van der Waals surface area contributed by atoms with Gasteiger partial charge in [-0.3, -0.25) is 9.59 Å². The summed E-state index contributed by atoms with van der Waals surface area (Å²) in [7, 11) is 2.99. The number of rotatable bonds is 8. The summed E-state index contributed by atoms with van der Waals surface area (Å²) in [6, 6.07) is 16.2. The Bertz CT molecular complexity index is 1200. The van der Waals surface area contributed by atoms with Crippen LogP contribution in [0.3, 0.4) is 0 Å². The minimum Gasteiger partial charge on any atom is -0.493 e. The van der Waals surface area contributed by atoms with Crippen molar-refractivity contribution in [1.82, 2.24) is 0 Å². The molecule has 6 nitrogen and oxygen atoms in total. The summed E-state index contributed by atoms with van der Waals surface area (Å²) in [5, 5.41) is 4.72. The summed E-state index contributed by atoms with van der Waals surface area (Å²) in [5.74, 6) is 0.182. The van der Waals surface area contributed by atoms with Crippen molar-refractivity contribution in [3.05, 3.63) is 77.9 Å². The van der Waals surface area contributed by atoms with Crippen LogP contribution in [0.1, 0.15) is 22.8 Å². The Labute approximate surface area is 204 Å². The topological polar surface area (TPSA) is 76.7 Å². The number of benzene rings is 3. The first-order valence-electron chi connectivity index (χ1n) is 10.4. The van der Waals surface area contributed by atoms with E-state index in [-0.39, 0.29) is 11.6 Å². The summed E-state index contributed by atoms with van der Waals surface area (Å²) in [4.78, 5) is 25.8. The van der Waals surface area contributed by atoms with Crippen LogP contribution in [0.25, 0.3) is 0 Å². The number of methoxy groups -OCH3 is 2. The van der Waals surface area contributed by atoms with E-state index >= 15 is 0 Å². The molecular weight excluding hydrogens is 481 g/mol. The number of halogens is 3. The highest BCUT2D eigenvalue weighted by Crippen LogP contribution is 2.32. The number of amides is 2. The number of hydrogen-bond donors (Lipinski definition) is 2. The third-order valence-electron chi connectivity index (χ3n) is 4.90. The molecule has 0 bridgehead atoms. The summed E-state index contributed by atoms with van der Waals surface area (Å²) >= 11 is 1.24. The lowest BCUT2D eigenvalue weighted by Crippen LogP contribution is -2.22. The van der Waals surface area contributed by atoms with Gasteiger partial charge < -0.3 is 20.1 Å². The van der Waals surface area contributed by atoms with Gasteiger partial charge in [-0.2, -0.15) is 13.2 Å². The Kier molecular flexibility index (Phi) is 8.29. The van der Waals surface area contributed by atoms with E-state index in [1.807, 2.05) is 0 Å². The largest absolute Gasteiger partial charge is 0.493 e. The fraction of sp³-hybridized carbons (Fsp3) is 0.200. The molecule has 0 fully saturated rings. The van der Waals surface area contributed by atoms with Gasteiger partial charge in [0.1, 0.15) is 0 Å². The Hall–Kier alpha value is -3.66. The molecule has 184 valence electrons. The van der Waals surface area contributed by atoms with Crippen LogP contribution in [0, 0.1) is 0 Å². The molecule has 2 amide bonds. The first-order valence-corrected chi connectivity index (χ1v) is 11.3. The van der Waals surface area contributed by atoms with Gasteiger partial charge in [-0.15, -0.1) is 11.8 Å². The molecule has 2 N–H and O–H groups in total. The molecule has 3 aromatic rings. The summed E-state index contributed by atoms with van der Waals surface area (Å²) in [6.07, 6.45) is -4.49. The molecule has 0 radical (unpaired) electrons. The number of anilines is 2. The van der Waals surface area contributed by atoms with Crippen molar-refractivity contribution >= 4 is 35.0 Å². The summed E-state index contributed by atoms with van der Waals surface area (Å²) in [6.45, 7) is 1.65. The molecule has 1 atom stereocenters. The molecular formula is C25H23F3N2O4S. The van der Waals surface area contributed by atoms with Crippen molar-refractivity contribution < 1.29 is 32.2 Å². The number of ether oxygens (including phenoxy) is 2. The molecule has 35 heavy (non-hydrogen) atoms. The fourth-order valence-corrected chi connectivity index (χ4v) is 3.94. The van der Waals surface area contributed by atoms with E-state index in [0.29, 0.717) is 22.7 Å². The second-order valence-corrected chi connectivity index (χ2v) is 8.79. The molecule has 1 unspecified atom stereocenters. The lowest BCUT2D eigenvalue weighted by molar-refractivity contribution is -0.137. The molecule has 0 aliphatic rings. The second-order valence-electron chi connectivity index (χ2n) is 7.38. The zero-order valence-corrected chi connectivity index (χ0v) is 19.9. The van der Waals surface area contributed by atoms with Gasteiger partial charge in [-0.05, 0) is 67.6 Å². The van der Waals surface area contributed by atoms with Crippen LogP contribution in [0.2, 0.25) is 0 Å². The van der Waals surface area contributed by atoms with Crippen molar-refractivity contribution in [2.45, 2.75) is 23.2 Å². The van der Waals surface area contributed by atoms with Crippen molar-refractivity contribution in [3.63, 3.8) is 0 Å². The molecule has 0 spiro atoms. The number of alkyl halides is 3. The average Bonchev–Trinajstić information content (AvgIpc) is 2.84. The van der Waals surface area contributed by atoms with Gasteiger partial charge in [-0.25, -0.2) is 0 Å². The highest BCUT2D eigenvalue weighted by atomic mass is 32.2. The SMILES string of the molecule is COc1ccc(C(=O)Nc2ccc(SC(C)C(=O)Nc3cccc(C(F)(F)F)c3)cc2)cc1OC. The summed E-state index contributed by atoms with van der Waals surface area (Å²) < 4.78 is 49.0. The van der Waals surface area contributed by atoms with Crippen LogP contribution < -0.4 is 20.1 Å².